The first-order valence-electron chi connectivity index (χ1n) is 8.13. The van der Waals surface area contributed by atoms with Crippen molar-refractivity contribution in [3.05, 3.63) is 41.7 Å². The Hall–Kier alpha value is -2.59. The van der Waals surface area contributed by atoms with E-state index in [-0.39, 0.29) is 11.9 Å². The van der Waals surface area contributed by atoms with Gasteiger partial charge in [0, 0.05) is 26.0 Å². The smallest absolute Gasteiger partial charge is 0.252 e. The van der Waals surface area contributed by atoms with Gasteiger partial charge in [-0.3, -0.25) is 9.69 Å². The molecule has 2 aromatic rings. The van der Waals surface area contributed by atoms with Crippen LogP contribution in [0.5, 0.6) is 0 Å². The van der Waals surface area contributed by atoms with Crippen LogP contribution in [-0.2, 0) is 7.05 Å². The van der Waals surface area contributed by atoms with Gasteiger partial charge >= 0.3 is 0 Å². The number of H-pyrrole nitrogens is 1. The molecule has 2 aromatic heterocycles. The van der Waals surface area contributed by atoms with Crippen LogP contribution in [0.1, 0.15) is 40.6 Å². The van der Waals surface area contributed by atoms with Crippen molar-refractivity contribution in [1.29, 1.82) is 5.26 Å². The summed E-state index contributed by atoms with van der Waals surface area (Å²) in [5, 5.41) is 11.8. The largest absolute Gasteiger partial charge is 0.352 e. The third-order valence-corrected chi connectivity index (χ3v) is 4.75. The molecule has 0 aliphatic carbocycles. The minimum Gasteiger partial charge on any atom is -0.352 e. The van der Waals surface area contributed by atoms with Gasteiger partial charge in [-0.05, 0) is 38.4 Å². The predicted octanol–water partition coefficient (Wildman–Crippen LogP) is 1.43. The van der Waals surface area contributed by atoms with E-state index in [2.05, 4.69) is 27.2 Å². The van der Waals surface area contributed by atoms with Crippen molar-refractivity contribution in [2.45, 2.75) is 18.9 Å². The minimum atomic E-state index is -0.148. The molecule has 0 bridgehead atoms. The molecule has 7 heteroatoms. The zero-order valence-corrected chi connectivity index (χ0v) is 14.0. The topological polar surface area (TPSA) is 89.7 Å². The third kappa shape index (κ3) is 3.19. The van der Waals surface area contributed by atoms with Gasteiger partial charge in [0.05, 0.1) is 23.6 Å². The van der Waals surface area contributed by atoms with Crippen LogP contribution in [0.2, 0.25) is 0 Å². The van der Waals surface area contributed by atoms with Crippen LogP contribution >= 0.6 is 0 Å². The Balaban J connectivity index is 1.69. The summed E-state index contributed by atoms with van der Waals surface area (Å²) in [4.78, 5) is 21.6. The fraction of sp³-hybridized carbons (Fsp3) is 0.471. The van der Waals surface area contributed by atoms with Gasteiger partial charge < -0.3 is 14.9 Å². The first-order chi connectivity index (χ1) is 11.6. The summed E-state index contributed by atoms with van der Waals surface area (Å²) in [6.45, 7) is 1.65. The normalized spacial score (nSPS) is 21.4. The highest BCUT2D eigenvalue weighted by molar-refractivity contribution is 5.94. The number of carbonyl (C=O) groups is 1. The maximum atomic E-state index is 12.3. The number of amides is 1. The standard InChI is InChI=1S/C17H22N6O/c1-22-5-3-4-12(16(22)15-10-19-11-23(15)2)8-21-17(24)13-6-14(7-18)20-9-13/h6,9-12,16,20H,3-5,8H2,1-2H3,(H,21,24)/t12-,16+/m0/s1. The van der Waals surface area contributed by atoms with Crippen molar-refractivity contribution < 1.29 is 4.79 Å². The van der Waals surface area contributed by atoms with E-state index < -0.39 is 0 Å². The monoisotopic (exact) mass is 326 g/mol. The van der Waals surface area contributed by atoms with Crippen molar-refractivity contribution in [3.63, 3.8) is 0 Å². The summed E-state index contributed by atoms with van der Waals surface area (Å²) in [5.41, 5.74) is 2.06. The van der Waals surface area contributed by atoms with Gasteiger partial charge in [0.25, 0.3) is 5.91 Å². The van der Waals surface area contributed by atoms with Crippen molar-refractivity contribution in [2.75, 3.05) is 20.1 Å². The molecule has 0 unspecified atom stereocenters. The molecule has 1 saturated heterocycles. The molecule has 0 aromatic carbocycles. The summed E-state index contributed by atoms with van der Waals surface area (Å²) >= 11 is 0. The number of hydrogen-bond donors (Lipinski definition) is 2. The third-order valence-electron chi connectivity index (χ3n) is 4.75. The Bertz CT molecular complexity index is 755. The lowest BCUT2D eigenvalue weighted by Crippen LogP contribution is -2.42. The van der Waals surface area contributed by atoms with E-state index >= 15 is 0 Å². The number of rotatable bonds is 4. The highest BCUT2D eigenvalue weighted by atomic mass is 16.1. The minimum absolute atomic E-state index is 0.148. The van der Waals surface area contributed by atoms with Crippen LogP contribution in [0.4, 0.5) is 0 Å². The van der Waals surface area contributed by atoms with Gasteiger partial charge in [-0.2, -0.15) is 5.26 Å². The second kappa shape index (κ2) is 6.89. The van der Waals surface area contributed by atoms with Crippen LogP contribution in [0.25, 0.3) is 0 Å². The number of piperidine rings is 1. The van der Waals surface area contributed by atoms with Gasteiger partial charge in [0.15, 0.2) is 0 Å². The molecule has 2 atom stereocenters. The molecule has 1 amide bonds. The number of carbonyl (C=O) groups excluding carboxylic acids is 1. The molecule has 0 saturated carbocycles. The number of imidazole rings is 1. The predicted molar refractivity (Wildman–Crippen MR) is 89.1 cm³/mol. The Morgan fingerprint density at radius 1 is 1.54 bits per heavy atom. The number of aryl methyl sites for hydroxylation is 1. The molecule has 3 rings (SSSR count). The number of likely N-dealkylation sites (tertiary alicyclic amines) is 1. The highest BCUT2D eigenvalue weighted by Crippen LogP contribution is 2.34. The zero-order valence-electron chi connectivity index (χ0n) is 14.0. The molecule has 3 heterocycles. The first kappa shape index (κ1) is 16.3. The molecule has 0 spiro atoms. The van der Waals surface area contributed by atoms with E-state index in [0.29, 0.717) is 23.7 Å². The second-order valence-electron chi connectivity index (χ2n) is 6.38. The van der Waals surface area contributed by atoms with E-state index in [0.717, 1.165) is 19.4 Å². The van der Waals surface area contributed by atoms with E-state index in [1.54, 1.807) is 12.3 Å². The summed E-state index contributed by atoms with van der Waals surface area (Å²) in [7, 11) is 4.13. The number of nitrogens with zero attached hydrogens (tertiary/aromatic N) is 4. The van der Waals surface area contributed by atoms with Crippen molar-refractivity contribution in [3.8, 4) is 6.07 Å². The fourth-order valence-corrected chi connectivity index (χ4v) is 3.51. The molecular formula is C17H22N6O. The van der Waals surface area contributed by atoms with E-state index in [4.69, 9.17) is 5.26 Å². The fourth-order valence-electron chi connectivity index (χ4n) is 3.51. The molecule has 2 N–H and O–H groups in total. The summed E-state index contributed by atoms with van der Waals surface area (Å²) in [6.07, 6.45) is 7.48. The van der Waals surface area contributed by atoms with Crippen LogP contribution < -0.4 is 5.32 Å². The lowest BCUT2D eigenvalue weighted by Gasteiger charge is -2.39. The van der Waals surface area contributed by atoms with Crippen LogP contribution in [0.3, 0.4) is 0 Å². The van der Waals surface area contributed by atoms with Gasteiger partial charge in [-0.1, -0.05) is 0 Å². The summed E-state index contributed by atoms with van der Waals surface area (Å²) in [6, 6.07) is 3.81. The highest BCUT2D eigenvalue weighted by Gasteiger charge is 2.32. The Labute approximate surface area is 141 Å². The van der Waals surface area contributed by atoms with Gasteiger partial charge in [-0.15, -0.1) is 0 Å². The van der Waals surface area contributed by atoms with E-state index in [1.807, 2.05) is 30.2 Å². The lowest BCUT2D eigenvalue weighted by atomic mass is 9.87. The van der Waals surface area contributed by atoms with Crippen molar-refractivity contribution in [1.82, 2.24) is 24.8 Å². The second-order valence-corrected chi connectivity index (χ2v) is 6.38. The average Bonchev–Trinajstić information content (AvgIpc) is 3.21. The Morgan fingerprint density at radius 3 is 3.04 bits per heavy atom. The Kier molecular flexibility index (Phi) is 4.67. The van der Waals surface area contributed by atoms with Crippen LogP contribution in [0, 0.1) is 17.2 Å². The first-order valence-corrected chi connectivity index (χ1v) is 8.13. The maximum absolute atomic E-state index is 12.3. The number of nitriles is 1. The molecule has 7 nitrogen and oxygen atoms in total. The van der Waals surface area contributed by atoms with Gasteiger partial charge in [-0.25, -0.2) is 4.98 Å². The van der Waals surface area contributed by atoms with Crippen molar-refractivity contribution >= 4 is 5.91 Å². The Morgan fingerprint density at radius 2 is 2.38 bits per heavy atom. The lowest BCUT2D eigenvalue weighted by molar-refractivity contribution is 0.0882. The molecule has 24 heavy (non-hydrogen) atoms. The molecule has 1 fully saturated rings. The SMILES string of the molecule is CN1CCC[C@@H](CNC(=O)c2c[nH]c(C#N)c2)[C@@H]1c1cncn1C. The van der Waals surface area contributed by atoms with Gasteiger partial charge in [0.2, 0.25) is 0 Å². The molecule has 0 radical (unpaired) electrons. The quantitative estimate of drug-likeness (QED) is 0.889. The molecule has 1 aliphatic rings. The summed E-state index contributed by atoms with van der Waals surface area (Å²) < 4.78 is 2.05. The number of hydrogen-bond acceptors (Lipinski definition) is 4. The van der Waals surface area contributed by atoms with Crippen molar-refractivity contribution in [2.24, 2.45) is 13.0 Å². The van der Waals surface area contributed by atoms with Crippen LogP contribution in [0.15, 0.2) is 24.8 Å². The summed E-state index contributed by atoms with van der Waals surface area (Å²) in [5.74, 6) is 0.183. The molecule has 126 valence electrons. The maximum Gasteiger partial charge on any atom is 0.252 e. The number of nitrogens with one attached hydrogen (secondary N) is 2. The van der Waals surface area contributed by atoms with E-state index in [1.165, 1.54) is 5.69 Å². The number of aromatic amines is 1. The van der Waals surface area contributed by atoms with E-state index in [9.17, 15) is 4.79 Å². The van der Waals surface area contributed by atoms with Crippen LogP contribution in [-0.4, -0.2) is 45.5 Å². The zero-order chi connectivity index (χ0) is 17.1. The number of aromatic nitrogens is 3. The van der Waals surface area contributed by atoms with Gasteiger partial charge in [0.1, 0.15) is 11.8 Å². The average molecular weight is 326 g/mol. The molecule has 1 aliphatic heterocycles. The molecular weight excluding hydrogens is 304 g/mol.